The standard InChI is InChI=1S/C11H16N4O3S.CH2O2/c1-7-10(4-12-14(7)2)19(17,18)15-5-8-3-11(16)13-9(8)6-15;2-1-3/h4,8-9H,3,5-6H2,1-2H3,(H,13,16);1H,(H,2,3)/t8-,9+;/m0./s1. The van der Waals surface area contributed by atoms with E-state index in [0.717, 1.165) is 0 Å². The zero-order valence-corrected chi connectivity index (χ0v) is 13.1. The highest BCUT2D eigenvalue weighted by molar-refractivity contribution is 7.89. The minimum atomic E-state index is -3.51. The fourth-order valence-electron chi connectivity index (χ4n) is 2.77. The van der Waals surface area contributed by atoms with Crippen LogP contribution in [-0.4, -0.2) is 59.1 Å². The smallest absolute Gasteiger partial charge is 0.290 e. The number of carbonyl (C=O) groups is 2. The summed E-state index contributed by atoms with van der Waals surface area (Å²) < 4.78 is 28.1. The quantitative estimate of drug-likeness (QED) is 0.667. The van der Waals surface area contributed by atoms with Crippen LogP contribution in [0.15, 0.2) is 11.1 Å². The number of sulfonamides is 1. The molecule has 10 heteroatoms. The lowest BCUT2D eigenvalue weighted by molar-refractivity contribution is -0.123. The van der Waals surface area contributed by atoms with Crippen molar-refractivity contribution >= 4 is 22.4 Å². The van der Waals surface area contributed by atoms with E-state index in [1.165, 1.54) is 10.5 Å². The number of amides is 1. The van der Waals surface area contributed by atoms with Crippen LogP contribution in [0, 0.1) is 12.8 Å². The van der Waals surface area contributed by atoms with Gasteiger partial charge in [0.1, 0.15) is 4.90 Å². The van der Waals surface area contributed by atoms with E-state index in [0.29, 0.717) is 25.2 Å². The van der Waals surface area contributed by atoms with Crippen LogP contribution < -0.4 is 5.32 Å². The SMILES string of the molecule is Cc1c(S(=O)(=O)N2C[C@@H]3CC(=O)N[C@@H]3C2)cnn1C.O=CO. The van der Waals surface area contributed by atoms with Gasteiger partial charge in [-0.1, -0.05) is 0 Å². The first kappa shape index (κ1) is 16.4. The van der Waals surface area contributed by atoms with Crippen LogP contribution in [0.5, 0.6) is 0 Å². The maximum absolute atomic E-state index is 12.5. The van der Waals surface area contributed by atoms with E-state index in [9.17, 15) is 13.2 Å². The summed E-state index contributed by atoms with van der Waals surface area (Å²) in [5, 5.41) is 13.7. The average molecular weight is 330 g/mol. The molecule has 0 aliphatic carbocycles. The van der Waals surface area contributed by atoms with Gasteiger partial charge in [0.15, 0.2) is 0 Å². The molecule has 0 unspecified atom stereocenters. The van der Waals surface area contributed by atoms with Gasteiger partial charge in [-0.2, -0.15) is 9.40 Å². The molecule has 1 amide bonds. The van der Waals surface area contributed by atoms with Crippen molar-refractivity contribution < 1.29 is 23.1 Å². The van der Waals surface area contributed by atoms with Crippen LogP contribution in [0.4, 0.5) is 0 Å². The van der Waals surface area contributed by atoms with Gasteiger partial charge >= 0.3 is 0 Å². The average Bonchev–Trinajstić information content (AvgIpc) is 3.05. The molecule has 0 saturated carbocycles. The highest BCUT2D eigenvalue weighted by Crippen LogP contribution is 2.30. The van der Waals surface area contributed by atoms with E-state index < -0.39 is 10.0 Å². The second-order valence-corrected chi connectivity index (χ2v) is 7.19. The Hall–Kier alpha value is -1.94. The molecule has 9 nitrogen and oxygen atoms in total. The van der Waals surface area contributed by atoms with Crippen LogP contribution in [0.3, 0.4) is 0 Å². The van der Waals surface area contributed by atoms with E-state index in [4.69, 9.17) is 9.90 Å². The molecular weight excluding hydrogens is 312 g/mol. The molecule has 122 valence electrons. The predicted octanol–water partition coefficient (Wildman–Crippen LogP) is -1.06. The predicted molar refractivity (Wildman–Crippen MR) is 75.4 cm³/mol. The number of fused-ring (bicyclic) bond motifs is 1. The number of carboxylic acid groups (broad SMARTS) is 1. The molecule has 2 aliphatic heterocycles. The van der Waals surface area contributed by atoms with E-state index in [-0.39, 0.29) is 29.2 Å². The molecule has 1 aromatic heterocycles. The summed E-state index contributed by atoms with van der Waals surface area (Å²) in [4.78, 5) is 19.9. The van der Waals surface area contributed by atoms with Crippen molar-refractivity contribution in [2.24, 2.45) is 13.0 Å². The molecule has 0 radical (unpaired) electrons. The summed E-state index contributed by atoms with van der Waals surface area (Å²) in [6, 6.07) is -0.0424. The largest absolute Gasteiger partial charge is 0.483 e. The van der Waals surface area contributed by atoms with Gasteiger partial charge in [0.05, 0.1) is 11.9 Å². The van der Waals surface area contributed by atoms with Crippen molar-refractivity contribution in [3.8, 4) is 0 Å². The highest BCUT2D eigenvalue weighted by atomic mass is 32.2. The summed E-state index contributed by atoms with van der Waals surface area (Å²) in [6.45, 7) is 2.24. The molecular formula is C12H18N4O5S. The third-order valence-corrected chi connectivity index (χ3v) is 5.94. The normalized spacial score (nSPS) is 24.4. The summed E-state index contributed by atoms with van der Waals surface area (Å²) in [6.07, 6.45) is 1.81. The molecule has 0 spiro atoms. The van der Waals surface area contributed by atoms with Crippen molar-refractivity contribution in [2.75, 3.05) is 13.1 Å². The zero-order valence-electron chi connectivity index (χ0n) is 12.3. The Balaban J connectivity index is 0.000000545. The van der Waals surface area contributed by atoms with Crippen molar-refractivity contribution in [2.45, 2.75) is 24.3 Å². The third kappa shape index (κ3) is 2.83. The Kier molecular flexibility index (Phi) is 4.52. The first-order chi connectivity index (χ1) is 10.3. The van der Waals surface area contributed by atoms with E-state index >= 15 is 0 Å². The highest BCUT2D eigenvalue weighted by Gasteiger charge is 2.44. The van der Waals surface area contributed by atoms with Gasteiger partial charge in [-0.25, -0.2) is 8.42 Å². The lowest BCUT2D eigenvalue weighted by Gasteiger charge is -2.16. The Labute approximate surface area is 128 Å². The van der Waals surface area contributed by atoms with Gasteiger partial charge < -0.3 is 10.4 Å². The van der Waals surface area contributed by atoms with Crippen LogP contribution >= 0.6 is 0 Å². The lowest BCUT2D eigenvalue weighted by atomic mass is 10.1. The maximum atomic E-state index is 12.5. The molecule has 22 heavy (non-hydrogen) atoms. The molecule has 2 aliphatic rings. The van der Waals surface area contributed by atoms with E-state index in [1.807, 2.05) is 0 Å². The first-order valence-electron chi connectivity index (χ1n) is 6.67. The second-order valence-electron chi connectivity index (χ2n) is 5.28. The van der Waals surface area contributed by atoms with Gasteiger partial charge in [-0.05, 0) is 6.92 Å². The van der Waals surface area contributed by atoms with Crippen molar-refractivity contribution in [1.29, 1.82) is 0 Å². The molecule has 1 aromatic rings. The number of rotatable bonds is 2. The van der Waals surface area contributed by atoms with E-state index in [2.05, 4.69) is 10.4 Å². The topological polar surface area (TPSA) is 122 Å². The van der Waals surface area contributed by atoms with Crippen molar-refractivity contribution in [1.82, 2.24) is 19.4 Å². The Morgan fingerprint density at radius 3 is 2.59 bits per heavy atom. The monoisotopic (exact) mass is 330 g/mol. The van der Waals surface area contributed by atoms with E-state index in [1.54, 1.807) is 18.7 Å². The van der Waals surface area contributed by atoms with Gasteiger partial charge in [-0.15, -0.1) is 0 Å². The number of nitrogens with one attached hydrogen (secondary N) is 1. The Morgan fingerprint density at radius 2 is 2.09 bits per heavy atom. The summed E-state index contributed by atoms with van der Waals surface area (Å²) >= 11 is 0. The van der Waals surface area contributed by atoms with Crippen molar-refractivity contribution in [3.63, 3.8) is 0 Å². The molecule has 0 bridgehead atoms. The second kappa shape index (κ2) is 6.05. The van der Waals surface area contributed by atoms with Gasteiger partial charge in [0.2, 0.25) is 15.9 Å². The van der Waals surface area contributed by atoms with Gasteiger partial charge in [-0.3, -0.25) is 14.3 Å². The summed E-state index contributed by atoms with van der Waals surface area (Å²) in [5.41, 5.74) is 0.626. The lowest BCUT2D eigenvalue weighted by Crippen LogP contribution is -2.35. The van der Waals surface area contributed by atoms with Gasteiger partial charge in [0, 0.05) is 38.5 Å². The zero-order chi connectivity index (χ0) is 16.5. The number of hydrogen-bond donors (Lipinski definition) is 2. The van der Waals surface area contributed by atoms with Crippen LogP contribution in [0.2, 0.25) is 0 Å². The molecule has 3 rings (SSSR count). The van der Waals surface area contributed by atoms with Crippen LogP contribution in [-0.2, 0) is 26.7 Å². The third-order valence-electron chi connectivity index (χ3n) is 4.01. The molecule has 0 aromatic carbocycles. The molecule has 2 N–H and O–H groups in total. The molecule has 2 fully saturated rings. The summed E-state index contributed by atoms with van der Waals surface area (Å²) in [5.74, 6) is 0.115. The molecule has 2 saturated heterocycles. The van der Waals surface area contributed by atoms with Crippen LogP contribution in [0.1, 0.15) is 12.1 Å². The fraction of sp³-hybridized carbons (Fsp3) is 0.583. The first-order valence-corrected chi connectivity index (χ1v) is 8.11. The molecule has 3 heterocycles. The van der Waals surface area contributed by atoms with Crippen LogP contribution in [0.25, 0.3) is 0 Å². The fourth-order valence-corrected chi connectivity index (χ4v) is 4.48. The minimum absolute atomic E-state index is 0.0182. The number of hydrogen-bond acceptors (Lipinski definition) is 5. The summed E-state index contributed by atoms with van der Waals surface area (Å²) in [7, 11) is -1.79. The number of aryl methyl sites for hydroxylation is 1. The number of nitrogens with zero attached hydrogens (tertiary/aromatic N) is 3. The van der Waals surface area contributed by atoms with Crippen molar-refractivity contribution in [3.05, 3.63) is 11.9 Å². The number of aromatic nitrogens is 2. The Morgan fingerprint density at radius 1 is 1.45 bits per heavy atom. The number of carbonyl (C=O) groups excluding carboxylic acids is 1. The maximum Gasteiger partial charge on any atom is 0.290 e. The molecule has 2 atom stereocenters. The van der Waals surface area contributed by atoms with Gasteiger partial charge in [0.25, 0.3) is 6.47 Å². The minimum Gasteiger partial charge on any atom is -0.483 e. The Bertz CT molecular complexity index is 668.